The monoisotopic (exact) mass is 354 g/mol. The lowest BCUT2D eigenvalue weighted by Crippen LogP contribution is -2.49. The lowest BCUT2D eigenvalue weighted by atomic mass is 10.1. The van der Waals surface area contributed by atoms with Crippen molar-refractivity contribution in [3.05, 3.63) is 65.7 Å². The number of rotatable bonds is 8. The number of carbonyl (C=O) groups excluding carboxylic acids is 2. The van der Waals surface area contributed by atoms with Gasteiger partial charge in [-0.3, -0.25) is 9.59 Å². The Kier molecular flexibility index (Phi) is 7.21. The number of hydrogen-bond acceptors (Lipinski definition) is 3. The fourth-order valence-electron chi connectivity index (χ4n) is 2.72. The van der Waals surface area contributed by atoms with Crippen molar-refractivity contribution >= 4 is 11.8 Å². The summed E-state index contributed by atoms with van der Waals surface area (Å²) in [7, 11) is 1.58. The first-order valence-corrected chi connectivity index (χ1v) is 8.79. The summed E-state index contributed by atoms with van der Waals surface area (Å²) in [6.45, 7) is 4.17. The molecule has 5 heteroatoms. The predicted octanol–water partition coefficient (Wildman–Crippen LogP) is 2.93. The third-order valence-electron chi connectivity index (χ3n) is 4.21. The molecule has 0 bridgehead atoms. The quantitative estimate of drug-likeness (QED) is 0.793. The summed E-state index contributed by atoms with van der Waals surface area (Å²) >= 11 is 0. The molecule has 2 rings (SSSR count). The molecule has 0 aromatic heterocycles. The topological polar surface area (TPSA) is 58.6 Å². The fourth-order valence-corrected chi connectivity index (χ4v) is 2.72. The summed E-state index contributed by atoms with van der Waals surface area (Å²) in [4.78, 5) is 26.7. The molecule has 1 N–H and O–H groups in total. The van der Waals surface area contributed by atoms with Gasteiger partial charge in [-0.1, -0.05) is 55.0 Å². The van der Waals surface area contributed by atoms with Crippen LogP contribution in [0.25, 0.3) is 0 Å². The first-order chi connectivity index (χ1) is 12.5. The molecule has 0 spiro atoms. The molecule has 0 saturated carbocycles. The van der Waals surface area contributed by atoms with E-state index >= 15 is 0 Å². The van der Waals surface area contributed by atoms with Gasteiger partial charge in [-0.15, -0.1) is 0 Å². The van der Waals surface area contributed by atoms with Crippen LogP contribution in [0.3, 0.4) is 0 Å². The Bertz CT molecular complexity index is 714. The van der Waals surface area contributed by atoms with Gasteiger partial charge in [0, 0.05) is 13.6 Å². The second-order valence-corrected chi connectivity index (χ2v) is 6.15. The van der Waals surface area contributed by atoms with Gasteiger partial charge < -0.3 is 15.0 Å². The van der Waals surface area contributed by atoms with E-state index in [4.69, 9.17) is 4.74 Å². The first-order valence-electron chi connectivity index (χ1n) is 8.79. The van der Waals surface area contributed by atoms with Crippen molar-refractivity contribution in [3.8, 4) is 5.75 Å². The van der Waals surface area contributed by atoms with Crippen LogP contribution in [0.4, 0.5) is 0 Å². The molecule has 0 saturated heterocycles. The van der Waals surface area contributed by atoms with E-state index in [0.29, 0.717) is 18.7 Å². The highest BCUT2D eigenvalue weighted by Crippen LogP contribution is 2.14. The zero-order valence-corrected chi connectivity index (χ0v) is 15.6. The van der Waals surface area contributed by atoms with Crippen molar-refractivity contribution < 1.29 is 14.3 Å². The number of nitrogens with one attached hydrogen (secondary N) is 1. The average molecular weight is 354 g/mol. The number of benzene rings is 2. The summed E-state index contributed by atoms with van der Waals surface area (Å²) in [5.74, 6) is 0.238. The molecule has 0 radical (unpaired) electrons. The smallest absolute Gasteiger partial charge is 0.261 e. The molecule has 0 fully saturated rings. The predicted molar refractivity (Wildman–Crippen MR) is 102 cm³/mol. The second kappa shape index (κ2) is 9.61. The van der Waals surface area contributed by atoms with Crippen LogP contribution in [0.15, 0.2) is 54.6 Å². The number of aryl methyl sites for hydroxylation is 1. The van der Waals surface area contributed by atoms with E-state index in [0.717, 1.165) is 11.1 Å². The molecule has 0 aliphatic rings. The Balaban J connectivity index is 2.16. The third kappa shape index (κ3) is 5.34. The zero-order chi connectivity index (χ0) is 18.9. The fraction of sp³-hybridized carbons (Fsp3) is 0.333. The van der Waals surface area contributed by atoms with E-state index in [1.165, 1.54) is 0 Å². The lowest BCUT2D eigenvalue weighted by Gasteiger charge is -2.30. The van der Waals surface area contributed by atoms with Gasteiger partial charge in [-0.05, 0) is 31.0 Å². The zero-order valence-electron chi connectivity index (χ0n) is 15.6. The second-order valence-electron chi connectivity index (χ2n) is 6.15. The van der Waals surface area contributed by atoms with Crippen molar-refractivity contribution in [1.29, 1.82) is 0 Å². The Morgan fingerprint density at radius 1 is 1.08 bits per heavy atom. The number of carbonyl (C=O) groups is 2. The number of amides is 2. The summed E-state index contributed by atoms with van der Waals surface area (Å²) in [5.41, 5.74) is 2.13. The number of ether oxygens (including phenoxy) is 1. The van der Waals surface area contributed by atoms with E-state index in [1.807, 2.05) is 56.3 Å². The standard InChI is InChI=1S/C21H26N2O3/c1-4-19(21(25)22-3)23(14-17-12-10-16(2)11-13-17)20(24)15-26-18-8-6-5-7-9-18/h5-13,19H,4,14-15H2,1-3H3,(H,22,25)/t19-/m0/s1. The Morgan fingerprint density at radius 2 is 1.73 bits per heavy atom. The molecule has 0 unspecified atom stereocenters. The molecule has 26 heavy (non-hydrogen) atoms. The normalized spacial score (nSPS) is 11.5. The third-order valence-corrected chi connectivity index (χ3v) is 4.21. The number of hydrogen-bond donors (Lipinski definition) is 1. The maximum atomic E-state index is 12.8. The van der Waals surface area contributed by atoms with Gasteiger partial charge in [0.25, 0.3) is 5.91 Å². The van der Waals surface area contributed by atoms with Crippen LogP contribution >= 0.6 is 0 Å². The van der Waals surface area contributed by atoms with Crippen LogP contribution in [-0.4, -0.2) is 36.4 Å². The van der Waals surface area contributed by atoms with Crippen LogP contribution < -0.4 is 10.1 Å². The van der Waals surface area contributed by atoms with Gasteiger partial charge >= 0.3 is 0 Å². The van der Waals surface area contributed by atoms with Crippen molar-refractivity contribution in [3.63, 3.8) is 0 Å². The van der Waals surface area contributed by atoms with Gasteiger partial charge in [0.1, 0.15) is 11.8 Å². The summed E-state index contributed by atoms with van der Waals surface area (Å²) in [6.07, 6.45) is 0.530. The molecule has 2 amide bonds. The van der Waals surface area contributed by atoms with Gasteiger partial charge in [-0.2, -0.15) is 0 Å². The molecular weight excluding hydrogens is 328 g/mol. The lowest BCUT2D eigenvalue weighted by molar-refractivity contribution is -0.142. The largest absolute Gasteiger partial charge is 0.484 e. The van der Waals surface area contributed by atoms with E-state index in [-0.39, 0.29) is 18.4 Å². The van der Waals surface area contributed by atoms with Crippen LogP contribution in [0, 0.1) is 6.92 Å². The molecule has 0 aliphatic heterocycles. The average Bonchev–Trinajstić information content (AvgIpc) is 2.68. The minimum atomic E-state index is -0.534. The van der Waals surface area contributed by atoms with Crippen LogP contribution in [0.2, 0.25) is 0 Å². The highest BCUT2D eigenvalue weighted by Gasteiger charge is 2.28. The van der Waals surface area contributed by atoms with E-state index in [9.17, 15) is 9.59 Å². The van der Waals surface area contributed by atoms with Gasteiger partial charge in [0.2, 0.25) is 5.91 Å². The van der Waals surface area contributed by atoms with E-state index in [1.54, 1.807) is 24.1 Å². The maximum Gasteiger partial charge on any atom is 0.261 e. The van der Waals surface area contributed by atoms with Gasteiger partial charge in [-0.25, -0.2) is 0 Å². The van der Waals surface area contributed by atoms with Crippen molar-refractivity contribution in [2.45, 2.75) is 32.9 Å². The molecule has 0 aliphatic carbocycles. The highest BCUT2D eigenvalue weighted by molar-refractivity contribution is 5.88. The SMILES string of the molecule is CC[C@@H](C(=O)NC)N(Cc1ccc(C)cc1)C(=O)COc1ccccc1. The van der Waals surface area contributed by atoms with Gasteiger partial charge in [0.05, 0.1) is 0 Å². The minimum Gasteiger partial charge on any atom is -0.484 e. The minimum absolute atomic E-state index is 0.108. The Morgan fingerprint density at radius 3 is 2.31 bits per heavy atom. The van der Waals surface area contributed by atoms with Crippen LogP contribution in [0.5, 0.6) is 5.75 Å². The summed E-state index contributed by atoms with van der Waals surface area (Å²) in [6, 6.07) is 16.6. The highest BCUT2D eigenvalue weighted by atomic mass is 16.5. The van der Waals surface area contributed by atoms with Crippen LogP contribution in [0.1, 0.15) is 24.5 Å². The number of para-hydroxylation sites is 1. The van der Waals surface area contributed by atoms with Gasteiger partial charge in [0.15, 0.2) is 6.61 Å². The van der Waals surface area contributed by atoms with Crippen molar-refractivity contribution in [2.75, 3.05) is 13.7 Å². The van der Waals surface area contributed by atoms with Crippen molar-refractivity contribution in [1.82, 2.24) is 10.2 Å². The summed E-state index contributed by atoms with van der Waals surface area (Å²) in [5, 5.41) is 2.65. The van der Waals surface area contributed by atoms with E-state index < -0.39 is 6.04 Å². The molecule has 2 aromatic rings. The molecule has 2 aromatic carbocycles. The summed E-state index contributed by atoms with van der Waals surface area (Å²) < 4.78 is 5.59. The first kappa shape index (κ1) is 19.5. The molecular formula is C21H26N2O3. The van der Waals surface area contributed by atoms with Crippen LogP contribution in [-0.2, 0) is 16.1 Å². The Labute approximate surface area is 155 Å². The maximum absolute atomic E-state index is 12.8. The molecule has 138 valence electrons. The van der Waals surface area contributed by atoms with E-state index in [2.05, 4.69) is 5.32 Å². The number of nitrogens with zero attached hydrogens (tertiary/aromatic N) is 1. The van der Waals surface area contributed by atoms with Crippen molar-refractivity contribution in [2.24, 2.45) is 0 Å². The number of likely N-dealkylation sites (N-methyl/N-ethyl adjacent to an activating group) is 1. The molecule has 0 heterocycles. The molecule has 1 atom stereocenters. The molecule has 5 nitrogen and oxygen atoms in total. The Hall–Kier alpha value is -2.82.